The second-order valence-electron chi connectivity index (χ2n) is 8.32. The van der Waals surface area contributed by atoms with Crippen LogP contribution in [-0.2, 0) is 13.0 Å². The molecule has 0 saturated heterocycles. The van der Waals surface area contributed by atoms with E-state index in [0.29, 0.717) is 5.92 Å². The molecule has 2 aromatic carbocycles. The molecule has 0 atom stereocenters. The lowest BCUT2D eigenvalue weighted by Crippen LogP contribution is -2.17. The number of nitrogens with zero attached hydrogens (tertiary/aromatic N) is 1. The number of carbonyl (C=O) groups is 1. The number of amides is 1. The molecular formula is C25H28N2O. The zero-order valence-corrected chi connectivity index (χ0v) is 16.6. The van der Waals surface area contributed by atoms with E-state index < -0.39 is 0 Å². The van der Waals surface area contributed by atoms with Gasteiger partial charge in [-0.3, -0.25) is 4.79 Å². The maximum atomic E-state index is 12.3. The summed E-state index contributed by atoms with van der Waals surface area (Å²) in [5, 5.41) is 4.13. The van der Waals surface area contributed by atoms with Crippen LogP contribution in [0, 0.1) is 0 Å². The van der Waals surface area contributed by atoms with E-state index in [2.05, 4.69) is 46.3 Å². The summed E-state index contributed by atoms with van der Waals surface area (Å²) in [5.74, 6) is 0.621. The molecule has 3 nitrogen and oxygen atoms in total. The molecule has 5 rings (SSSR count). The number of aromatic nitrogens is 1. The van der Waals surface area contributed by atoms with Crippen molar-refractivity contribution in [3.63, 3.8) is 0 Å². The van der Waals surface area contributed by atoms with Crippen LogP contribution in [0.1, 0.15) is 65.9 Å². The Labute approximate surface area is 166 Å². The first-order valence-corrected chi connectivity index (χ1v) is 10.7. The Hall–Kier alpha value is -2.55. The minimum Gasteiger partial charge on any atom is -0.355 e. The predicted octanol–water partition coefficient (Wildman–Crippen LogP) is 5.66. The SMILES string of the molecule is CNC(=O)c1ccc2c(C3CCCCC3)c3n(c2c1)CCCc1ccccc1-3. The Morgan fingerprint density at radius 1 is 1.04 bits per heavy atom. The fourth-order valence-corrected chi connectivity index (χ4v) is 5.39. The molecule has 28 heavy (non-hydrogen) atoms. The molecule has 1 N–H and O–H groups in total. The molecule has 0 radical (unpaired) electrons. The molecule has 1 fully saturated rings. The van der Waals surface area contributed by atoms with Crippen molar-refractivity contribution >= 4 is 16.8 Å². The van der Waals surface area contributed by atoms with Gasteiger partial charge in [0.1, 0.15) is 0 Å². The maximum Gasteiger partial charge on any atom is 0.251 e. The van der Waals surface area contributed by atoms with Gasteiger partial charge in [0, 0.05) is 35.6 Å². The van der Waals surface area contributed by atoms with Gasteiger partial charge in [-0.05, 0) is 54.9 Å². The molecule has 3 aromatic rings. The van der Waals surface area contributed by atoms with Crippen molar-refractivity contribution in [3.05, 3.63) is 59.2 Å². The van der Waals surface area contributed by atoms with Crippen LogP contribution in [0.2, 0.25) is 0 Å². The quantitative estimate of drug-likeness (QED) is 0.618. The van der Waals surface area contributed by atoms with Crippen LogP contribution in [0.3, 0.4) is 0 Å². The monoisotopic (exact) mass is 372 g/mol. The van der Waals surface area contributed by atoms with Crippen LogP contribution in [-0.4, -0.2) is 17.5 Å². The number of aryl methyl sites for hydroxylation is 2. The summed E-state index contributed by atoms with van der Waals surface area (Å²) in [5.41, 5.74) is 7.80. The van der Waals surface area contributed by atoms with Crippen LogP contribution in [0.25, 0.3) is 22.2 Å². The molecule has 0 unspecified atom stereocenters. The summed E-state index contributed by atoms with van der Waals surface area (Å²) in [7, 11) is 1.70. The number of nitrogens with one attached hydrogen (secondary N) is 1. The normalized spacial score (nSPS) is 17.0. The summed E-state index contributed by atoms with van der Waals surface area (Å²) >= 11 is 0. The molecule has 0 spiro atoms. The summed E-state index contributed by atoms with van der Waals surface area (Å²) in [6, 6.07) is 15.2. The third-order valence-electron chi connectivity index (χ3n) is 6.71. The largest absolute Gasteiger partial charge is 0.355 e. The van der Waals surface area contributed by atoms with E-state index in [9.17, 15) is 4.79 Å². The number of fused-ring (bicyclic) bond motifs is 5. The number of hydrogen-bond donors (Lipinski definition) is 1. The van der Waals surface area contributed by atoms with Gasteiger partial charge in [0.2, 0.25) is 0 Å². The lowest BCUT2D eigenvalue weighted by molar-refractivity contribution is 0.0963. The first kappa shape index (κ1) is 17.5. The Bertz CT molecular complexity index is 1040. The lowest BCUT2D eigenvalue weighted by atomic mass is 9.81. The van der Waals surface area contributed by atoms with Gasteiger partial charge in [-0.25, -0.2) is 0 Å². The Kier molecular flexibility index (Phi) is 4.46. The van der Waals surface area contributed by atoms with Crippen molar-refractivity contribution in [2.45, 2.75) is 57.4 Å². The smallest absolute Gasteiger partial charge is 0.251 e. The van der Waals surface area contributed by atoms with E-state index in [0.717, 1.165) is 24.9 Å². The minimum absolute atomic E-state index is 0.00862. The average molecular weight is 373 g/mol. The Morgan fingerprint density at radius 3 is 2.68 bits per heavy atom. The van der Waals surface area contributed by atoms with Gasteiger partial charge in [0.15, 0.2) is 0 Å². The summed E-state index contributed by atoms with van der Waals surface area (Å²) < 4.78 is 2.51. The van der Waals surface area contributed by atoms with Crippen molar-refractivity contribution in [2.75, 3.05) is 7.05 Å². The number of carbonyl (C=O) groups excluding carboxylic acids is 1. The molecule has 0 bridgehead atoms. The second-order valence-corrected chi connectivity index (χ2v) is 8.32. The number of benzene rings is 2. The maximum absolute atomic E-state index is 12.3. The van der Waals surface area contributed by atoms with Crippen molar-refractivity contribution in [2.24, 2.45) is 0 Å². The van der Waals surface area contributed by atoms with Gasteiger partial charge in [0.25, 0.3) is 5.91 Å². The summed E-state index contributed by atoms with van der Waals surface area (Å²) in [4.78, 5) is 12.3. The zero-order valence-electron chi connectivity index (χ0n) is 16.6. The highest BCUT2D eigenvalue weighted by Crippen LogP contribution is 2.46. The van der Waals surface area contributed by atoms with E-state index >= 15 is 0 Å². The average Bonchev–Trinajstić information content (AvgIpc) is 2.95. The molecule has 144 valence electrons. The van der Waals surface area contributed by atoms with Crippen molar-refractivity contribution < 1.29 is 4.79 Å². The summed E-state index contributed by atoms with van der Waals surface area (Å²) in [6.45, 7) is 1.02. The first-order chi connectivity index (χ1) is 13.8. The van der Waals surface area contributed by atoms with Gasteiger partial charge in [-0.2, -0.15) is 0 Å². The standard InChI is InChI=1S/C25H28N2O/c1-26-25(28)19-13-14-21-22(16-19)27-15-7-11-17-8-5-6-12-20(17)24(27)23(21)18-9-3-2-4-10-18/h5-6,8,12-14,16,18H,2-4,7,9-11,15H2,1H3,(H,26,28). The topological polar surface area (TPSA) is 34.0 Å². The van der Waals surface area contributed by atoms with Crippen molar-refractivity contribution in [1.29, 1.82) is 0 Å². The third kappa shape index (κ3) is 2.76. The van der Waals surface area contributed by atoms with E-state index in [1.807, 2.05) is 6.07 Å². The van der Waals surface area contributed by atoms with Gasteiger partial charge < -0.3 is 9.88 Å². The minimum atomic E-state index is -0.00862. The Balaban J connectivity index is 1.81. The molecule has 1 amide bonds. The molecule has 1 aliphatic heterocycles. The molecule has 3 heteroatoms. The van der Waals surface area contributed by atoms with E-state index in [-0.39, 0.29) is 5.91 Å². The van der Waals surface area contributed by atoms with Crippen LogP contribution in [0.5, 0.6) is 0 Å². The van der Waals surface area contributed by atoms with E-state index in [4.69, 9.17) is 0 Å². The summed E-state index contributed by atoms with van der Waals surface area (Å²) in [6.07, 6.45) is 8.85. The fourth-order valence-electron chi connectivity index (χ4n) is 5.39. The zero-order chi connectivity index (χ0) is 19.1. The van der Waals surface area contributed by atoms with E-state index in [1.165, 1.54) is 65.4 Å². The molecular weight excluding hydrogens is 344 g/mol. The molecule has 2 aliphatic rings. The molecule has 1 aliphatic carbocycles. The number of hydrogen-bond acceptors (Lipinski definition) is 1. The van der Waals surface area contributed by atoms with Gasteiger partial charge in [-0.1, -0.05) is 49.6 Å². The van der Waals surface area contributed by atoms with Crippen LogP contribution >= 0.6 is 0 Å². The highest BCUT2D eigenvalue weighted by Gasteiger charge is 2.28. The first-order valence-electron chi connectivity index (χ1n) is 10.7. The van der Waals surface area contributed by atoms with Crippen molar-refractivity contribution in [1.82, 2.24) is 9.88 Å². The highest BCUT2D eigenvalue weighted by atomic mass is 16.1. The van der Waals surface area contributed by atoms with Gasteiger partial charge in [0.05, 0.1) is 5.69 Å². The van der Waals surface area contributed by atoms with Crippen LogP contribution in [0.4, 0.5) is 0 Å². The number of rotatable bonds is 2. The van der Waals surface area contributed by atoms with Crippen molar-refractivity contribution in [3.8, 4) is 11.3 Å². The molecule has 1 aromatic heterocycles. The van der Waals surface area contributed by atoms with Gasteiger partial charge in [-0.15, -0.1) is 0 Å². The fraction of sp³-hybridized carbons (Fsp3) is 0.400. The highest BCUT2D eigenvalue weighted by molar-refractivity contribution is 6.01. The second kappa shape index (κ2) is 7.12. The molecule has 2 heterocycles. The third-order valence-corrected chi connectivity index (χ3v) is 6.71. The lowest BCUT2D eigenvalue weighted by Gasteiger charge is -2.24. The van der Waals surface area contributed by atoms with Gasteiger partial charge >= 0.3 is 0 Å². The molecule has 1 saturated carbocycles. The van der Waals surface area contributed by atoms with Crippen LogP contribution < -0.4 is 5.32 Å². The van der Waals surface area contributed by atoms with E-state index in [1.54, 1.807) is 7.05 Å². The Morgan fingerprint density at radius 2 is 1.86 bits per heavy atom. The van der Waals surface area contributed by atoms with Crippen LogP contribution in [0.15, 0.2) is 42.5 Å². The predicted molar refractivity (Wildman–Crippen MR) is 115 cm³/mol.